The number of rotatable bonds is 7. The molecular formula is C13H25N3O4. The molecule has 2 atom stereocenters. The number of nitrogens with one attached hydrogen (secondary N) is 2. The van der Waals surface area contributed by atoms with Gasteiger partial charge in [0, 0.05) is 13.1 Å². The normalized spacial score (nSPS) is 13.5. The van der Waals surface area contributed by atoms with Gasteiger partial charge < -0.3 is 20.6 Å². The SMILES string of the molecule is CCN(CC)C(=O)C(C)NC(=O)NC(C(=O)O)C(C)C. The van der Waals surface area contributed by atoms with Gasteiger partial charge in [0.15, 0.2) is 0 Å². The number of hydrogen-bond donors (Lipinski definition) is 3. The first-order chi connectivity index (χ1) is 9.24. The van der Waals surface area contributed by atoms with Gasteiger partial charge in [-0.15, -0.1) is 0 Å². The Morgan fingerprint density at radius 2 is 1.55 bits per heavy atom. The third-order valence-electron chi connectivity index (χ3n) is 3.01. The molecular weight excluding hydrogens is 262 g/mol. The van der Waals surface area contributed by atoms with E-state index in [4.69, 9.17) is 5.11 Å². The first-order valence-corrected chi connectivity index (χ1v) is 6.83. The number of carboxylic acids is 1. The van der Waals surface area contributed by atoms with Gasteiger partial charge in [-0.2, -0.15) is 0 Å². The topological polar surface area (TPSA) is 98.7 Å². The predicted molar refractivity (Wildman–Crippen MR) is 75.3 cm³/mol. The summed E-state index contributed by atoms with van der Waals surface area (Å²) in [5, 5.41) is 13.8. The van der Waals surface area contributed by atoms with Crippen LogP contribution in [0.1, 0.15) is 34.6 Å². The van der Waals surface area contributed by atoms with Crippen LogP contribution in [-0.2, 0) is 9.59 Å². The minimum Gasteiger partial charge on any atom is -0.480 e. The van der Waals surface area contributed by atoms with Crippen LogP contribution in [0, 0.1) is 5.92 Å². The van der Waals surface area contributed by atoms with Crippen molar-refractivity contribution in [2.24, 2.45) is 5.92 Å². The van der Waals surface area contributed by atoms with Gasteiger partial charge >= 0.3 is 12.0 Å². The molecule has 3 N–H and O–H groups in total. The van der Waals surface area contributed by atoms with Crippen LogP contribution in [0.3, 0.4) is 0 Å². The van der Waals surface area contributed by atoms with Crippen molar-refractivity contribution >= 4 is 17.9 Å². The smallest absolute Gasteiger partial charge is 0.326 e. The molecule has 0 saturated carbocycles. The van der Waals surface area contributed by atoms with Crippen LogP contribution in [-0.4, -0.2) is 53.1 Å². The van der Waals surface area contributed by atoms with Gasteiger partial charge in [0.1, 0.15) is 12.1 Å². The average molecular weight is 287 g/mol. The van der Waals surface area contributed by atoms with Crippen molar-refractivity contribution in [2.45, 2.75) is 46.7 Å². The molecule has 2 unspecified atom stereocenters. The fraction of sp³-hybridized carbons (Fsp3) is 0.769. The average Bonchev–Trinajstić information content (AvgIpc) is 2.36. The maximum atomic E-state index is 12.0. The largest absolute Gasteiger partial charge is 0.480 e. The van der Waals surface area contributed by atoms with Gasteiger partial charge in [-0.3, -0.25) is 4.79 Å². The van der Waals surface area contributed by atoms with Gasteiger partial charge in [-0.25, -0.2) is 9.59 Å². The molecule has 7 nitrogen and oxygen atoms in total. The van der Waals surface area contributed by atoms with Crippen LogP contribution in [0.4, 0.5) is 4.79 Å². The summed E-state index contributed by atoms with van der Waals surface area (Å²) in [7, 11) is 0. The molecule has 0 aliphatic rings. The number of carbonyl (C=O) groups excluding carboxylic acids is 2. The zero-order valence-electron chi connectivity index (χ0n) is 12.8. The lowest BCUT2D eigenvalue weighted by Crippen LogP contribution is -2.54. The standard InChI is InChI=1S/C13H25N3O4/c1-6-16(7-2)11(17)9(5)14-13(20)15-10(8(3)4)12(18)19/h8-10H,6-7H2,1-5H3,(H,18,19)(H2,14,15,20). The van der Waals surface area contributed by atoms with Crippen molar-refractivity contribution in [3.8, 4) is 0 Å². The molecule has 0 aromatic carbocycles. The number of amides is 3. The number of carbonyl (C=O) groups is 3. The molecule has 116 valence electrons. The summed E-state index contributed by atoms with van der Waals surface area (Å²) < 4.78 is 0. The zero-order chi connectivity index (χ0) is 15.9. The highest BCUT2D eigenvalue weighted by atomic mass is 16.4. The van der Waals surface area contributed by atoms with E-state index in [9.17, 15) is 14.4 Å². The fourth-order valence-corrected chi connectivity index (χ4v) is 1.76. The van der Waals surface area contributed by atoms with E-state index >= 15 is 0 Å². The molecule has 0 aliphatic heterocycles. The maximum Gasteiger partial charge on any atom is 0.326 e. The molecule has 0 spiro atoms. The molecule has 0 fully saturated rings. The zero-order valence-corrected chi connectivity index (χ0v) is 12.8. The molecule has 0 heterocycles. The Bertz CT molecular complexity index is 354. The second kappa shape index (κ2) is 8.39. The Balaban J connectivity index is 4.53. The van der Waals surface area contributed by atoms with Crippen molar-refractivity contribution in [3.63, 3.8) is 0 Å². The quantitative estimate of drug-likeness (QED) is 0.640. The number of carboxylic acid groups (broad SMARTS) is 1. The molecule has 0 aromatic heterocycles. The second-order valence-corrected chi connectivity index (χ2v) is 4.91. The summed E-state index contributed by atoms with van der Waals surface area (Å²) in [6.45, 7) is 9.80. The molecule has 0 aromatic rings. The highest BCUT2D eigenvalue weighted by Crippen LogP contribution is 2.02. The van der Waals surface area contributed by atoms with Crippen LogP contribution in [0.5, 0.6) is 0 Å². The highest BCUT2D eigenvalue weighted by molar-refractivity contribution is 5.88. The fourth-order valence-electron chi connectivity index (χ4n) is 1.76. The Hall–Kier alpha value is -1.79. The molecule has 0 rings (SSSR count). The molecule has 0 saturated heterocycles. The molecule has 3 amide bonds. The van der Waals surface area contributed by atoms with Crippen LogP contribution < -0.4 is 10.6 Å². The van der Waals surface area contributed by atoms with E-state index in [1.807, 2.05) is 13.8 Å². The first-order valence-electron chi connectivity index (χ1n) is 6.83. The summed E-state index contributed by atoms with van der Waals surface area (Å²) in [6.07, 6.45) is 0. The van der Waals surface area contributed by atoms with Crippen LogP contribution >= 0.6 is 0 Å². The van der Waals surface area contributed by atoms with Crippen molar-refractivity contribution in [3.05, 3.63) is 0 Å². The summed E-state index contributed by atoms with van der Waals surface area (Å²) in [5.74, 6) is -1.54. The predicted octanol–water partition coefficient (Wildman–Crippen LogP) is 0.652. The van der Waals surface area contributed by atoms with Crippen molar-refractivity contribution in [1.29, 1.82) is 0 Å². The molecule has 0 radical (unpaired) electrons. The van der Waals surface area contributed by atoms with E-state index in [2.05, 4.69) is 10.6 Å². The number of urea groups is 1. The second-order valence-electron chi connectivity index (χ2n) is 4.91. The number of hydrogen-bond acceptors (Lipinski definition) is 3. The number of aliphatic carboxylic acids is 1. The summed E-state index contributed by atoms with van der Waals surface area (Å²) in [5.41, 5.74) is 0. The summed E-state index contributed by atoms with van der Waals surface area (Å²) >= 11 is 0. The number of likely N-dealkylation sites (N-methyl/N-ethyl adjacent to an activating group) is 1. The van der Waals surface area contributed by atoms with Crippen LogP contribution in [0.25, 0.3) is 0 Å². The molecule has 0 bridgehead atoms. The van der Waals surface area contributed by atoms with Gasteiger partial charge in [0.05, 0.1) is 0 Å². The van der Waals surface area contributed by atoms with E-state index in [0.717, 1.165) is 0 Å². The van der Waals surface area contributed by atoms with Gasteiger partial charge in [0.25, 0.3) is 0 Å². The van der Waals surface area contributed by atoms with Gasteiger partial charge in [-0.1, -0.05) is 13.8 Å². The molecule has 7 heteroatoms. The first kappa shape index (κ1) is 18.2. The Labute approximate surface area is 119 Å². The maximum absolute atomic E-state index is 12.0. The van der Waals surface area contributed by atoms with E-state index < -0.39 is 24.1 Å². The van der Waals surface area contributed by atoms with E-state index in [-0.39, 0.29) is 11.8 Å². The molecule has 0 aliphatic carbocycles. The van der Waals surface area contributed by atoms with Gasteiger partial charge in [-0.05, 0) is 26.7 Å². The lowest BCUT2D eigenvalue weighted by Gasteiger charge is -2.24. The van der Waals surface area contributed by atoms with Crippen molar-refractivity contribution in [1.82, 2.24) is 15.5 Å². The third-order valence-corrected chi connectivity index (χ3v) is 3.01. The molecule has 20 heavy (non-hydrogen) atoms. The van der Waals surface area contributed by atoms with E-state index in [1.165, 1.54) is 0 Å². The van der Waals surface area contributed by atoms with Crippen molar-refractivity contribution in [2.75, 3.05) is 13.1 Å². The summed E-state index contributed by atoms with van der Waals surface area (Å²) in [6, 6.07) is -2.33. The lowest BCUT2D eigenvalue weighted by molar-refractivity contribution is -0.140. The Morgan fingerprint density at radius 3 is 1.90 bits per heavy atom. The van der Waals surface area contributed by atoms with Crippen LogP contribution in [0.15, 0.2) is 0 Å². The minimum absolute atomic E-state index is 0.193. The third kappa shape index (κ3) is 5.46. The number of nitrogens with zero attached hydrogens (tertiary/aromatic N) is 1. The summed E-state index contributed by atoms with van der Waals surface area (Å²) in [4.78, 5) is 36.3. The lowest BCUT2D eigenvalue weighted by atomic mass is 10.1. The monoisotopic (exact) mass is 287 g/mol. The van der Waals surface area contributed by atoms with E-state index in [1.54, 1.807) is 25.7 Å². The minimum atomic E-state index is -1.10. The van der Waals surface area contributed by atoms with Gasteiger partial charge in [0.2, 0.25) is 5.91 Å². The Kier molecular flexibility index (Phi) is 7.64. The highest BCUT2D eigenvalue weighted by Gasteiger charge is 2.25. The van der Waals surface area contributed by atoms with E-state index in [0.29, 0.717) is 13.1 Å². The Morgan fingerprint density at radius 1 is 1.05 bits per heavy atom. The van der Waals surface area contributed by atoms with Crippen LogP contribution in [0.2, 0.25) is 0 Å². The van der Waals surface area contributed by atoms with Crippen molar-refractivity contribution < 1.29 is 19.5 Å².